The van der Waals surface area contributed by atoms with Crippen LogP contribution in [0.5, 0.6) is 11.5 Å². The molecule has 0 saturated heterocycles. The molecule has 5 rings (SSSR count). The van der Waals surface area contributed by atoms with Gasteiger partial charge in [-0.1, -0.05) is 36.4 Å². The van der Waals surface area contributed by atoms with Crippen molar-refractivity contribution in [2.24, 2.45) is 0 Å². The molecule has 32 heavy (non-hydrogen) atoms. The van der Waals surface area contributed by atoms with Crippen LogP contribution in [0.1, 0.15) is 49.9 Å². The predicted octanol–water partition coefficient (Wildman–Crippen LogP) is 5.88. The highest BCUT2D eigenvalue weighted by Crippen LogP contribution is 2.54. The summed E-state index contributed by atoms with van der Waals surface area (Å²) >= 11 is 0. The van der Waals surface area contributed by atoms with Gasteiger partial charge in [0.1, 0.15) is 17.0 Å². The first-order chi connectivity index (χ1) is 15.7. The third-order valence-corrected chi connectivity index (χ3v) is 7.18. The predicted molar refractivity (Wildman–Crippen MR) is 133 cm³/mol. The number of hydrogen-bond donors (Lipinski definition) is 1. The van der Waals surface area contributed by atoms with Gasteiger partial charge in [0.25, 0.3) is 0 Å². The van der Waals surface area contributed by atoms with Gasteiger partial charge in [-0.05, 0) is 51.0 Å². The van der Waals surface area contributed by atoms with E-state index in [0.29, 0.717) is 0 Å². The Balaban J connectivity index is 1.73. The Morgan fingerprint density at radius 3 is 1.78 bits per heavy atom. The third-order valence-electron chi connectivity index (χ3n) is 7.18. The van der Waals surface area contributed by atoms with E-state index in [4.69, 9.17) is 4.74 Å². The molecule has 0 aromatic heterocycles. The molecule has 0 fully saturated rings. The van der Waals surface area contributed by atoms with Gasteiger partial charge in [-0.3, -0.25) is 5.32 Å². The summed E-state index contributed by atoms with van der Waals surface area (Å²) in [6.07, 6.45) is 0. The molecule has 0 unspecified atom stereocenters. The number of nitrogens with zero attached hydrogens (tertiary/aromatic N) is 2. The van der Waals surface area contributed by atoms with Crippen molar-refractivity contribution < 1.29 is 4.74 Å². The monoisotopic (exact) mass is 427 g/mol. The van der Waals surface area contributed by atoms with Crippen LogP contribution in [0.4, 0.5) is 11.4 Å². The van der Waals surface area contributed by atoms with Crippen LogP contribution in [0.25, 0.3) is 0 Å². The van der Waals surface area contributed by atoms with Gasteiger partial charge in [-0.25, -0.2) is 0 Å². The summed E-state index contributed by atoms with van der Waals surface area (Å²) in [7, 11) is 0. The second kappa shape index (κ2) is 8.18. The van der Waals surface area contributed by atoms with Crippen molar-refractivity contribution in [1.29, 1.82) is 0 Å². The molecule has 0 radical (unpaired) electrons. The summed E-state index contributed by atoms with van der Waals surface area (Å²) in [5.74, 6) is 1.89. The smallest absolute Gasteiger partial charge is 0.135 e. The molecular weight excluding hydrogens is 394 g/mol. The minimum absolute atomic E-state index is 0.386. The largest absolute Gasteiger partial charge is 0.456 e. The Kier molecular flexibility index (Phi) is 5.34. The first-order valence-corrected chi connectivity index (χ1v) is 12.0. The molecule has 0 atom stereocenters. The maximum atomic E-state index is 6.65. The zero-order valence-electron chi connectivity index (χ0n) is 19.6. The minimum atomic E-state index is -0.386. The lowest BCUT2D eigenvalue weighted by atomic mass is 9.75. The summed E-state index contributed by atoms with van der Waals surface area (Å²) in [4.78, 5) is 4.74. The van der Waals surface area contributed by atoms with Gasteiger partial charge in [-0.2, -0.15) is 0 Å². The highest BCUT2D eigenvalue weighted by molar-refractivity contribution is 5.70. The molecule has 4 heteroatoms. The zero-order valence-corrected chi connectivity index (χ0v) is 19.6. The van der Waals surface area contributed by atoms with Crippen LogP contribution in [0.15, 0.2) is 60.7 Å². The Hall–Kier alpha value is -2.98. The summed E-state index contributed by atoms with van der Waals surface area (Å²) in [5.41, 5.74) is 7.10. The maximum absolute atomic E-state index is 6.65. The molecule has 3 aromatic rings. The second-order valence-electron chi connectivity index (χ2n) is 8.57. The number of hydrogen-bond acceptors (Lipinski definition) is 4. The van der Waals surface area contributed by atoms with Crippen molar-refractivity contribution >= 4 is 11.4 Å². The van der Waals surface area contributed by atoms with E-state index in [9.17, 15) is 0 Å². The van der Waals surface area contributed by atoms with Crippen molar-refractivity contribution in [1.82, 2.24) is 5.32 Å². The summed E-state index contributed by atoms with van der Waals surface area (Å²) in [6.45, 7) is 13.6. The topological polar surface area (TPSA) is 27.7 Å². The highest BCUT2D eigenvalue weighted by atomic mass is 16.5. The molecule has 0 aliphatic carbocycles. The van der Waals surface area contributed by atoms with Gasteiger partial charge in [0.15, 0.2) is 0 Å². The molecule has 0 amide bonds. The fourth-order valence-electron chi connectivity index (χ4n) is 5.49. The van der Waals surface area contributed by atoms with Crippen LogP contribution >= 0.6 is 0 Å². The van der Waals surface area contributed by atoms with Crippen molar-refractivity contribution in [2.75, 3.05) is 36.0 Å². The third kappa shape index (κ3) is 3.01. The lowest BCUT2D eigenvalue weighted by Crippen LogP contribution is -2.41. The van der Waals surface area contributed by atoms with E-state index >= 15 is 0 Å². The summed E-state index contributed by atoms with van der Waals surface area (Å²) in [5, 5.41) is 3.90. The summed E-state index contributed by atoms with van der Waals surface area (Å²) in [6, 6.07) is 22.2. The van der Waals surface area contributed by atoms with Crippen LogP contribution in [-0.2, 0) is 12.1 Å². The Bertz CT molecular complexity index is 1070. The molecule has 2 heterocycles. The zero-order chi connectivity index (χ0) is 22.3. The van der Waals surface area contributed by atoms with Gasteiger partial charge in [0.2, 0.25) is 0 Å². The second-order valence-corrected chi connectivity index (χ2v) is 8.57. The first-order valence-electron chi connectivity index (χ1n) is 12.0. The molecule has 1 N–H and O–H groups in total. The van der Waals surface area contributed by atoms with Crippen LogP contribution in [-0.4, -0.2) is 26.2 Å². The van der Waals surface area contributed by atoms with E-state index in [-0.39, 0.29) is 5.54 Å². The standard InChI is InChI=1S/C28H33N3O/c1-5-30(6-2)21-13-15-24-26(17-21)32-27-18-22(31(7-3)8-4)14-16-25(27)28(24)23-12-10-9-11-20(23)19-29-28/h9-18,29H,5-8,19H2,1-4H3. The van der Waals surface area contributed by atoms with Crippen LogP contribution in [0.2, 0.25) is 0 Å². The van der Waals surface area contributed by atoms with Gasteiger partial charge in [-0.15, -0.1) is 0 Å². The average molecular weight is 428 g/mol. The van der Waals surface area contributed by atoms with Gasteiger partial charge >= 0.3 is 0 Å². The van der Waals surface area contributed by atoms with E-state index < -0.39 is 0 Å². The van der Waals surface area contributed by atoms with Crippen LogP contribution < -0.4 is 19.9 Å². The molecule has 2 aliphatic rings. The molecular formula is C28H33N3O. The fourth-order valence-corrected chi connectivity index (χ4v) is 5.49. The molecule has 166 valence electrons. The number of fused-ring (bicyclic) bond motifs is 6. The molecule has 0 bridgehead atoms. The normalized spacial score (nSPS) is 15.0. The molecule has 2 aliphatic heterocycles. The van der Waals surface area contributed by atoms with Gasteiger partial charge < -0.3 is 14.5 Å². The van der Waals surface area contributed by atoms with E-state index in [1.807, 2.05) is 0 Å². The fraction of sp³-hybridized carbons (Fsp3) is 0.357. The lowest BCUT2D eigenvalue weighted by molar-refractivity contribution is 0.394. The molecule has 0 saturated carbocycles. The molecule has 3 aromatic carbocycles. The quantitative estimate of drug-likeness (QED) is 0.532. The van der Waals surface area contributed by atoms with Crippen LogP contribution in [0.3, 0.4) is 0 Å². The first kappa shape index (κ1) is 20.9. The Labute approximate surface area is 191 Å². The number of rotatable bonds is 6. The van der Waals surface area contributed by atoms with Crippen LogP contribution in [0, 0.1) is 0 Å². The van der Waals surface area contributed by atoms with E-state index in [2.05, 4.69) is 103 Å². The van der Waals surface area contributed by atoms with Crippen molar-refractivity contribution in [2.45, 2.75) is 39.8 Å². The molecule has 4 nitrogen and oxygen atoms in total. The molecule has 1 spiro atoms. The van der Waals surface area contributed by atoms with Gasteiger partial charge in [0, 0.05) is 67.4 Å². The van der Waals surface area contributed by atoms with E-state index in [1.165, 1.54) is 33.6 Å². The lowest BCUT2D eigenvalue weighted by Gasteiger charge is -2.39. The number of nitrogens with one attached hydrogen (secondary N) is 1. The average Bonchev–Trinajstić information content (AvgIpc) is 3.21. The maximum Gasteiger partial charge on any atom is 0.135 e. The van der Waals surface area contributed by atoms with Gasteiger partial charge in [0.05, 0.1) is 0 Å². The Morgan fingerprint density at radius 2 is 1.25 bits per heavy atom. The highest BCUT2D eigenvalue weighted by Gasteiger charge is 2.47. The van der Waals surface area contributed by atoms with Crippen molar-refractivity contribution in [3.8, 4) is 11.5 Å². The number of ether oxygens (including phenoxy) is 1. The number of anilines is 2. The summed E-state index contributed by atoms with van der Waals surface area (Å²) < 4.78 is 6.65. The van der Waals surface area contributed by atoms with Crippen molar-refractivity contribution in [3.05, 3.63) is 82.9 Å². The van der Waals surface area contributed by atoms with E-state index in [0.717, 1.165) is 44.2 Å². The van der Waals surface area contributed by atoms with E-state index in [1.54, 1.807) is 0 Å². The minimum Gasteiger partial charge on any atom is -0.456 e. The SMILES string of the molecule is CCN(CC)c1ccc2c(c1)Oc1cc(N(CC)CC)ccc1C21NCc2ccccc21. The van der Waals surface area contributed by atoms with Crippen molar-refractivity contribution in [3.63, 3.8) is 0 Å². The Morgan fingerprint density at radius 1 is 0.719 bits per heavy atom. The number of benzene rings is 3.